The van der Waals surface area contributed by atoms with Crippen LogP contribution >= 0.6 is 11.3 Å². The predicted octanol–water partition coefficient (Wildman–Crippen LogP) is 3.36. The average molecular weight is 274 g/mol. The van der Waals surface area contributed by atoms with E-state index >= 15 is 0 Å². The second kappa shape index (κ2) is 4.36. The molecule has 0 spiro atoms. The number of fused-ring (bicyclic) bond motifs is 1. The minimum atomic E-state index is -0.426. The normalized spacial score (nSPS) is 10.8. The Morgan fingerprint density at radius 1 is 1.47 bits per heavy atom. The third-order valence-electron chi connectivity index (χ3n) is 2.69. The first-order valence-electron chi connectivity index (χ1n) is 5.59. The molecule has 7 heteroatoms. The maximum atomic E-state index is 11.2. The quantitative estimate of drug-likeness (QED) is 0.587. The molecule has 1 aromatic carbocycles. The summed E-state index contributed by atoms with van der Waals surface area (Å²) in [5, 5.41) is 15.9. The highest BCUT2D eigenvalue weighted by Crippen LogP contribution is 2.30. The first-order valence-corrected chi connectivity index (χ1v) is 6.47. The maximum Gasteiger partial charge on any atom is 0.373 e. The van der Waals surface area contributed by atoms with Gasteiger partial charge < -0.3 is 15.4 Å². The molecule has 96 valence electrons. The van der Waals surface area contributed by atoms with Crippen LogP contribution in [-0.4, -0.2) is 14.3 Å². The van der Waals surface area contributed by atoms with Crippen LogP contribution in [0.4, 0.5) is 17.3 Å². The SMILES string of the molecule is Cc1cccc(Nc2nc3sccn3c2[N+](=O)[O-])c1. The number of nitro groups is 1. The molecule has 0 saturated carbocycles. The molecule has 3 rings (SSSR count). The Kier molecular flexibility index (Phi) is 2.68. The van der Waals surface area contributed by atoms with Crippen molar-refractivity contribution < 1.29 is 4.92 Å². The van der Waals surface area contributed by atoms with E-state index in [4.69, 9.17) is 0 Å². The van der Waals surface area contributed by atoms with Crippen LogP contribution in [0.5, 0.6) is 0 Å². The van der Waals surface area contributed by atoms with Crippen molar-refractivity contribution in [3.8, 4) is 0 Å². The number of imidazole rings is 1. The zero-order chi connectivity index (χ0) is 13.4. The van der Waals surface area contributed by atoms with Gasteiger partial charge >= 0.3 is 5.82 Å². The van der Waals surface area contributed by atoms with Gasteiger partial charge in [-0.05, 0) is 29.5 Å². The Morgan fingerprint density at radius 2 is 2.32 bits per heavy atom. The highest BCUT2D eigenvalue weighted by atomic mass is 32.1. The van der Waals surface area contributed by atoms with Crippen LogP contribution in [0.25, 0.3) is 4.96 Å². The predicted molar refractivity (Wildman–Crippen MR) is 74.2 cm³/mol. The van der Waals surface area contributed by atoms with E-state index in [2.05, 4.69) is 10.3 Å². The van der Waals surface area contributed by atoms with Gasteiger partial charge in [0, 0.05) is 11.1 Å². The summed E-state index contributed by atoms with van der Waals surface area (Å²) in [6, 6.07) is 7.62. The smallest absolute Gasteiger partial charge is 0.358 e. The number of benzene rings is 1. The van der Waals surface area contributed by atoms with Gasteiger partial charge in [0.15, 0.2) is 0 Å². The third-order valence-corrected chi connectivity index (χ3v) is 3.45. The largest absolute Gasteiger partial charge is 0.373 e. The number of rotatable bonds is 3. The van der Waals surface area contributed by atoms with Gasteiger partial charge in [-0.15, -0.1) is 0 Å². The van der Waals surface area contributed by atoms with Crippen molar-refractivity contribution in [2.45, 2.75) is 6.92 Å². The molecular formula is C12H10N4O2S. The number of aromatic nitrogens is 2. The minimum Gasteiger partial charge on any atom is -0.358 e. The van der Waals surface area contributed by atoms with Crippen molar-refractivity contribution in [3.63, 3.8) is 0 Å². The molecule has 2 aromatic heterocycles. The van der Waals surface area contributed by atoms with Crippen molar-refractivity contribution >= 4 is 33.6 Å². The van der Waals surface area contributed by atoms with Crippen molar-refractivity contribution in [1.29, 1.82) is 0 Å². The van der Waals surface area contributed by atoms with Gasteiger partial charge in [0.1, 0.15) is 6.20 Å². The number of hydrogen-bond acceptors (Lipinski definition) is 5. The summed E-state index contributed by atoms with van der Waals surface area (Å²) in [5.74, 6) is 0.222. The van der Waals surface area contributed by atoms with E-state index in [1.165, 1.54) is 15.7 Å². The Labute approximate surface area is 112 Å². The van der Waals surface area contributed by atoms with Crippen molar-refractivity contribution in [3.05, 3.63) is 51.5 Å². The molecule has 3 aromatic rings. The Bertz CT molecular complexity index is 762. The molecule has 1 N–H and O–H groups in total. The third kappa shape index (κ3) is 2.04. The lowest BCUT2D eigenvalue weighted by Gasteiger charge is -2.03. The van der Waals surface area contributed by atoms with E-state index in [0.29, 0.717) is 4.96 Å². The molecule has 0 aliphatic heterocycles. The van der Waals surface area contributed by atoms with E-state index in [-0.39, 0.29) is 11.6 Å². The van der Waals surface area contributed by atoms with Gasteiger partial charge in [-0.25, -0.2) is 0 Å². The highest BCUT2D eigenvalue weighted by molar-refractivity contribution is 7.15. The van der Waals surface area contributed by atoms with Crippen LogP contribution in [0.15, 0.2) is 35.8 Å². The van der Waals surface area contributed by atoms with Gasteiger partial charge in [-0.2, -0.15) is 9.38 Å². The summed E-state index contributed by atoms with van der Waals surface area (Å²) in [6.45, 7) is 1.96. The molecule has 0 atom stereocenters. The molecule has 0 aliphatic carbocycles. The molecule has 6 nitrogen and oxygen atoms in total. The summed E-state index contributed by atoms with van der Waals surface area (Å²) >= 11 is 1.36. The van der Waals surface area contributed by atoms with Crippen LogP contribution in [-0.2, 0) is 0 Å². The standard InChI is InChI=1S/C12H10N4O2S/c1-8-3-2-4-9(7-8)13-10-11(16(17)18)15-5-6-19-12(15)14-10/h2-7,13H,1H3. The first kappa shape index (κ1) is 11.7. The van der Waals surface area contributed by atoms with Gasteiger partial charge in [-0.1, -0.05) is 23.5 Å². The number of nitrogens with one attached hydrogen (secondary N) is 1. The minimum absolute atomic E-state index is 0.0437. The average Bonchev–Trinajstić information content (AvgIpc) is 2.88. The molecule has 0 unspecified atom stereocenters. The molecule has 0 amide bonds. The fourth-order valence-electron chi connectivity index (χ4n) is 1.89. The van der Waals surface area contributed by atoms with E-state index in [1.807, 2.05) is 31.2 Å². The Balaban J connectivity index is 2.07. The number of hydrogen-bond donors (Lipinski definition) is 1. The topological polar surface area (TPSA) is 72.5 Å². The lowest BCUT2D eigenvalue weighted by molar-refractivity contribution is -0.389. The van der Waals surface area contributed by atoms with Crippen LogP contribution in [0, 0.1) is 17.0 Å². The van der Waals surface area contributed by atoms with Crippen LogP contribution in [0.3, 0.4) is 0 Å². The monoisotopic (exact) mass is 274 g/mol. The van der Waals surface area contributed by atoms with Gasteiger partial charge in [0.05, 0.1) is 0 Å². The second-order valence-corrected chi connectivity index (χ2v) is 4.96. The summed E-state index contributed by atoms with van der Waals surface area (Å²) in [5.41, 5.74) is 1.86. The zero-order valence-electron chi connectivity index (χ0n) is 10.0. The van der Waals surface area contributed by atoms with Gasteiger partial charge in [0.2, 0.25) is 5.82 Å². The van der Waals surface area contributed by atoms with Crippen molar-refractivity contribution in [1.82, 2.24) is 9.38 Å². The number of aryl methyl sites for hydroxylation is 1. The van der Waals surface area contributed by atoms with E-state index in [0.717, 1.165) is 11.3 Å². The molecule has 0 saturated heterocycles. The molecule has 2 heterocycles. The lowest BCUT2D eigenvalue weighted by Crippen LogP contribution is -1.98. The van der Waals surface area contributed by atoms with Crippen LogP contribution in [0.1, 0.15) is 5.56 Å². The molecule has 0 radical (unpaired) electrons. The first-order chi connectivity index (χ1) is 9.15. The van der Waals surface area contributed by atoms with E-state index in [1.54, 1.807) is 11.6 Å². The second-order valence-electron chi connectivity index (χ2n) is 4.09. The van der Waals surface area contributed by atoms with Gasteiger partial charge in [0.25, 0.3) is 4.96 Å². The summed E-state index contributed by atoms with van der Waals surface area (Å²) in [6.07, 6.45) is 1.65. The van der Waals surface area contributed by atoms with Crippen LogP contribution < -0.4 is 5.32 Å². The summed E-state index contributed by atoms with van der Waals surface area (Å²) < 4.78 is 1.47. The Morgan fingerprint density at radius 3 is 3.05 bits per heavy atom. The zero-order valence-corrected chi connectivity index (χ0v) is 10.8. The summed E-state index contributed by atoms with van der Waals surface area (Å²) in [4.78, 5) is 15.6. The van der Waals surface area contributed by atoms with Crippen molar-refractivity contribution in [2.24, 2.45) is 0 Å². The number of thiazole rings is 1. The Hall–Kier alpha value is -2.41. The van der Waals surface area contributed by atoms with Crippen LogP contribution in [0.2, 0.25) is 0 Å². The number of anilines is 2. The fraction of sp³-hybridized carbons (Fsp3) is 0.0833. The van der Waals surface area contributed by atoms with E-state index < -0.39 is 4.92 Å². The number of nitrogens with zero attached hydrogens (tertiary/aromatic N) is 3. The highest BCUT2D eigenvalue weighted by Gasteiger charge is 2.23. The lowest BCUT2D eigenvalue weighted by atomic mass is 10.2. The van der Waals surface area contributed by atoms with Crippen molar-refractivity contribution in [2.75, 3.05) is 5.32 Å². The van der Waals surface area contributed by atoms with Gasteiger partial charge in [-0.3, -0.25) is 0 Å². The molecule has 0 bridgehead atoms. The molecule has 0 fully saturated rings. The molecule has 19 heavy (non-hydrogen) atoms. The molecular weight excluding hydrogens is 264 g/mol. The fourth-order valence-corrected chi connectivity index (χ4v) is 2.60. The molecule has 0 aliphatic rings. The summed E-state index contributed by atoms with van der Waals surface area (Å²) in [7, 11) is 0. The van der Waals surface area contributed by atoms with E-state index in [9.17, 15) is 10.1 Å². The maximum absolute atomic E-state index is 11.2.